The van der Waals surface area contributed by atoms with Gasteiger partial charge in [-0.1, -0.05) is 63.6 Å². The second kappa shape index (κ2) is 8.41. The Morgan fingerprint density at radius 1 is 1.00 bits per heavy atom. The van der Waals surface area contributed by atoms with Gasteiger partial charge in [-0.05, 0) is 54.9 Å². The van der Waals surface area contributed by atoms with Crippen LogP contribution in [0, 0.1) is 17.8 Å². The second-order valence-electron chi connectivity index (χ2n) is 7.83. The first-order valence-electron chi connectivity index (χ1n) is 9.65. The molecule has 2 aromatic carbocycles. The van der Waals surface area contributed by atoms with Crippen molar-refractivity contribution in [2.24, 2.45) is 17.8 Å². The van der Waals surface area contributed by atoms with Gasteiger partial charge in [-0.15, -0.1) is 0 Å². The van der Waals surface area contributed by atoms with Crippen LogP contribution in [0.2, 0.25) is 0 Å². The highest BCUT2D eigenvalue weighted by atomic mass is 31.2. The molecule has 1 aliphatic carbocycles. The third-order valence-corrected chi connectivity index (χ3v) is 7.49. The highest BCUT2D eigenvalue weighted by Gasteiger charge is 2.38. The summed E-state index contributed by atoms with van der Waals surface area (Å²) in [6.45, 7) is 6.76. The van der Waals surface area contributed by atoms with Crippen LogP contribution in [0.5, 0.6) is 0 Å². The molecule has 1 N–H and O–H groups in total. The molecule has 4 heteroatoms. The largest absolute Gasteiger partial charge is 0.324 e. The van der Waals surface area contributed by atoms with E-state index < -0.39 is 7.52 Å². The summed E-state index contributed by atoms with van der Waals surface area (Å²) >= 11 is 0. The van der Waals surface area contributed by atoms with E-state index in [0.717, 1.165) is 23.8 Å². The zero-order valence-corrected chi connectivity index (χ0v) is 16.9. The summed E-state index contributed by atoms with van der Waals surface area (Å²) in [5, 5.41) is 3.95. The van der Waals surface area contributed by atoms with Gasteiger partial charge in [0, 0.05) is 5.69 Å². The molecule has 4 atom stereocenters. The summed E-state index contributed by atoms with van der Waals surface area (Å²) in [4.78, 5) is 0. The Labute approximate surface area is 157 Å². The number of para-hydroxylation sites is 1. The minimum Gasteiger partial charge on any atom is -0.312 e. The summed E-state index contributed by atoms with van der Waals surface area (Å²) in [5.74, 6) is 1.57. The van der Waals surface area contributed by atoms with E-state index in [1.54, 1.807) is 0 Å². The van der Waals surface area contributed by atoms with E-state index in [1.807, 2.05) is 60.7 Å². The number of anilines is 1. The SMILES string of the molecule is CC(C)[C@H]1CC[C@@H](C)C[C@@H]1O[P@@](=O)(Nc1ccccc1)c1ccccc1. The first kappa shape index (κ1) is 19.2. The average Bonchev–Trinajstić information content (AvgIpc) is 2.63. The molecule has 26 heavy (non-hydrogen) atoms. The lowest BCUT2D eigenvalue weighted by atomic mass is 9.75. The molecule has 0 aromatic heterocycles. The van der Waals surface area contributed by atoms with Gasteiger partial charge in [0.15, 0.2) is 0 Å². The van der Waals surface area contributed by atoms with Gasteiger partial charge < -0.3 is 9.61 Å². The van der Waals surface area contributed by atoms with Gasteiger partial charge in [-0.2, -0.15) is 0 Å². The highest BCUT2D eigenvalue weighted by Crippen LogP contribution is 2.50. The highest BCUT2D eigenvalue weighted by molar-refractivity contribution is 7.68. The van der Waals surface area contributed by atoms with E-state index in [9.17, 15) is 4.57 Å². The Morgan fingerprint density at radius 3 is 2.23 bits per heavy atom. The Morgan fingerprint density at radius 2 is 1.62 bits per heavy atom. The summed E-state index contributed by atoms with van der Waals surface area (Å²) < 4.78 is 20.5. The van der Waals surface area contributed by atoms with Crippen molar-refractivity contribution in [1.82, 2.24) is 0 Å². The molecule has 0 amide bonds. The average molecular weight is 371 g/mol. The van der Waals surface area contributed by atoms with E-state index in [2.05, 4.69) is 25.9 Å². The van der Waals surface area contributed by atoms with E-state index >= 15 is 0 Å². The topological polar surface area (TPSA) is 38.3 Å². The van der Waals surface area contributed by atoms with Crippen LogP contribution >= 0.6 is 7.52 Å². The predicted octanol–water partition coefficient (Wildman–Crippen LogP) is 6.09. The molecule has 140 valence electrons. The number of benzene rings is 2. The molecule has 2 aromatic rings. The zero-order valence-electron chi connectivity index (χ0n) is 16.0. The Balaban J connectivity index is 1.91. The minimum atomic E-state index is -3.22. The van der Waals surface area contributed by atoms with E-state index in [4.69, 9.17) is 4.52 Å². The molecule has 0 unspecified atom stereocenters. The lowest BCUT2D eigenvalue weighted by Crippen LogP contribution is -2.35. The first-order valence-corrected chi connectivity index (χ1v) is 11.3. The fourth-order valence-electron chi connectivity index (χ4n) is 3.89. The van der Waals surface area contributed by atoms with Crippen molar-refractivity contribution in [3.05, 3.63) is 60.7 Å². The maximum absolute atomic E-state index is 14.0. The van der Waals surface area contributed by atoms with Crippen LogP contribution < -0.4 is 10.4 Å². The monoisotopic (exact) mass is 371 g/mol. The summed E-state index contributed by atoms with van der Waals surface area (Å²) in [5.41, 5.74) is 0.824. The number of rotatable bonds is 6. The van der Waals surface area contributed by atoms with E-state index in [-0.39, 0.29) is 6.10 Å². The predicted molar refractivity (Wildman–Crippen MR) is 110 cm³/mol. The van der Waals surface area contributed by atoms with E-state index in [1.165, 1.54) is 6.42 Å². The van der Waals surface area contributed by atoms with E-state index in [0.29, 0.717) is 17.8 Å². The van der Waals surface area contributed by atoms with Crippen LogP contribution in [0.25, 0.3) is 0 Å². The molecule has 0 aliphatic heterocycles. The number of nitrogens with one attached hydrogen (secondary N) is 1. The van der Waals surface area contributed by atoms with Crippen molar-refractivity contribution < 1.29 is 9.09 Å². The summed E-state index contributed by atoms with van der Waals surface area (Å²) in [6, 6.07) is 19.3. The molecule has 0 saturated heterocycles. The molecule has 1 saturated carbocycles. The molecule has 1 fully saturated rings. The van der Waals surface area contributed by atoms with Gasteiger partial charge in [0.2, 0.25) is 0 Å². The fourth-order valence-corrected chi connectivity index (χ4v) is 5.87. The van der Waals surface area contributed by atoms with Crippen molar-refractivity contribution in [2.75, 3.05) is 5.09 Å². The second-order valence-corrected chi connectivity index (χ2v) is 9.89. The maximum atomic E-state index is 14.0. The third-order valence-electron chi connectivity index (χ3n) is 5.39. The van der Waals surface area contributed by atoms with Crippen LogP contribution in [0.3, 0.4) is 0 Å². The maximum Gasteiger partial charge on any atom is 0.324 e. The van der Waals surface area contributed by atoms with Crippen LogP contribution in [-0.2, 0) is 9.09 Å². The van der Waals surface area contributed by atoms with Gasteiger partial charge >= 0.3 is 7.52 Å². The zero-order chi connectivity index (χ0) is 18.6. The summed E-state index contributed by atoms with van der Waals surface area (Å²) in [6.07, 6.45) is 3.35. The standard InChI is InChI=1S/C22H30NO2P/c1-17(2)21-15-14-18(3)16-22(21)25-26(24,20-12-8-5-9-13-20)23-19-10-6-4-7-11-19/h4-13,17-18,21-22H,14-16H2,1-3H3,(H,23,24)/t18-,21-,22+,26-/m1/s1. The molecule has 1 aliphatic rings. The van der Waals surface area contributed by atoms with Crippen molar-refractivity contribution >= 4 is 18.5 Å². The number of hydrogen-bond acceptors (Lipinski definition) is 2. The lowest BCUT2D eigenvalue weighted by Gasteiger charge is -2.39. The molecule has 0 heterocycles. The normalized spacial score (nSPS) is 25.6. The lowest BCUT2D eigenvalue weighted by molar-refractivity contribution is 0.0506. The van der Waals surface area contributed by atoms with Crippen LogP contribution in [-0.4, -0.2) is 6.10 Å². The quantitative estimate of drug-likeness (QED) is 0.624. The van der Waals surface area contributed by atoms with Crippen molar-refractivity contribution in [3.8, 4) is 0 Å². The van der Waals surface area contributed by atoms with Crippen molar-refractivity contribution in [3.63, 3.8) is 0 Å². The molecule has 0 spiro atoms. The fraction of sp³-hybridized carbons (Fsp3) is 0.455. The summed E-state index contributed by atoms with van der Waals surface area (Å²) in [7, 11) is -3.22. The van der Waals surface area contributed by atoms with Gasteiger partial charge in [-0.25, -0.2) is 0 Å². The van der Waals surface area contributed by atoms with Crippen LogP contribution in [0.1, 0.15) is 40.0 Å². The number of hydrogen-bond donors (Lipinski definition) is 1. The van der Waals surface area contributed by atoms with Gasteiger partial charge in [0.1, 0.15) is 0 Å². The molecule has 0 radical (unpaired) electrons. The first-order chi connectivity index (χ1) is 12.5. The van der Waals surface area contributed by atoms with Crippen molar-refractivity contribution in [1.29, 1.82) is 0 Å². The van der Waals surface area contributed by atoms with Crippen molar-refractivity contribution in [2.45, 2.75) is 46.1 Å². The Bertz CT molecular complexity index is 732. The minimum absolute atomic E-state index is 0.0148. The Kier molecular flexibility index (Phi) is 6.21. The molecular weight excluding hydrogens is 341 g/mol. The van der Waals surface area contributed by atoms with Crippen LogP contribution in [0.4, 0.5) is 5.69 Å². The molecule has 3 rings (SSSR count). The van der Waals surface area contributed by atoms with Crippen LogP contribution in [0.15, 0.2) is 60.7 Å². The van der Waals surface area contributed by atoms with Gasteiger partial charge in [0.25, 0.3) is 0 Å². The molecular formula is C22H30NO2P. The molecule has 3 nitrogen and oxygen atoms in total. The third kappa shape index (κ3) is 4.58. The van der Waals surface area contributed by atoms with Gasteiger partial charge in [-0.3, -0.25) is 4.57 Å². The molecule has 0 bridgehead atoms. The smallest absolute Gasteiger partial charge is 0.312 e. The Hall–Kier alpha value is -1.57. The van der Waals surface area contributed by atoms with Gasteiger partial charge in [0.05, 0.1) is 11.4 Å².